The monoisotopic (exact) mass is 431 g/mol. The molecule has 0 atom stereocenters. The number of piperazine rings is 1. The SMILES string of the molecule is CN=C(NCCCN1CCN(c2ncccn2)CC1)N1CCSC2(CCCCC2)C1. The van der Waals surface area contributed by atoms with E-state index in [9.17, 15) is 0 Å². The molecule has 3 aliphatic rings. The molecule has 2 saturated heterocycles. The van der Waals surface area contributed by atoms with Crippen molar-refractivity contribution in [2.75, 3.05) is 70.1 Å². The van der Waals surface area contributed by atoms with Gasteiger partial charge in [0.05, 0.1) is 0 Å². The maximum Gasteiger partial charge on any atom is 0.225 e. The largest absolute Gasteiger partial charge is 0.356 e. The van der Waals surface area contributed by atoms with Crippen LogP contribution in [-0.4, -0.2) is 95.6 Å². The molecule has 1 N–H and O–H groups in total. The summed E-state index contributed by atoms with van der Waals surface area (Å²) in [5, 5.41) is 3.64. The van der Waals surface area contributed by atoms with Gasteiger partial charge < -0.3 is 15.1 Å². The summed E-state index contributed by atoms with van der Waals surface area (Å²) in [4.78, 5) is 20.7. The van der Waals surface area contributed by atoms with Crippen molar-refractivity contribution in [3.05, 3.63) is 18.5 Å². The molecule has 0 aromatic carbocycles. The molecule has 7 nitrogen and oxygen atoms in total. The third kappa shape index (κ3) is 5.58. The van der Waals surface area contributed by atoms with Gasteiger partial charge in [-0.05, 0) is 31.9 Å². The molecule has 0 unspecified atom stereocenters. The minimum atomic E-state index is 0.482. The molecule has 1 aliphatic carbocycles. The summed E-state index contributed by atoms with van der Waals surface area (Å²) in [6, 6.07) is 1.87. The van der Waals surface area contributed by atoms with Gasteiger partial charge in [-0.2, -0.15) is 11.8 Å². The first-order chi connectivity index (χ1) is 14.8. The van der Waals surface area contributed by atoms with Gasteiger partial charge in [0, 0.05) is 75.8 Å². The van der Waals surface area contributed by atoms with Gasteiger partial charge in [-0.15, -0.1) is 0 Å². The average Bonchev–Trinajstić information content (AvgIpc) is 2.81. The molecule has 1 spiro atoms. The highest BCUT2D eigenvalue weighted by Gasteiger charge is 2.38. The molecular weight excluding hydrogens is 394 g/mol. The van der Waals surface area contributed by atoms with Gasteiger partial charge >= 0.3 is 0 Å². The molecule has 3 fully saturated rings. The Kier molecular flexibility index (Phi) is 7.71. The number of aliphatic imine (C=N–C) groups is 1. The van der Waals surface area contributed by atoms with Crippen molar-refractivity contribution in [3.8, 4) is 0 Å². The van der Waals surface area contributed by atoms with Crippen LogP contribution >= 0.6 is 11.8 Å². The molecular formula is C22H37N7S. The van der Waals surface area contributed by atoms with Gasteiger partial charge in [-0.3, -0.25) is 9.89 Å². The highest BCUT2D eigenvalue weighted by Crippen LogP contribution is 2.42. The summed E-state index contributed by atoms with van der Waals surface area (Å²) in [7, 11) is 1.93. The smallest absolute Gasteiger partial charge is 0.225 e. The molecule has 1 saturated carbocycles. The Morgan fingerprint density at radius 2 is 1.87 bits per heavy atom. The summed E-state index contributed by atoms with van der Waals surface area (Å²) in [6.07, 6.45) is 11.8. The van der Waals surface area contributed by atoms with Crippen molar-refractivity contribution in [2.24, 2.45) is 4.99 Å². The fourth-order valence-electron chi connectivity index (χ4n) is 4.99. The van der Waals surface area contributed by atoms with Gasteiger partial charge in [-0.25, -0.2) is 9.97 Å². The predicted octanol–water partition coefficient (Wildman–Crippen LogP) is 2.32. The van der Waals surface area contributed by atoms with Crippen LogP contribution in [0.5, 0.6) is 0 Å². The summed E-state index contributed by atoms with van der Waals surface area (Å²) in [5.74, 6) is 3.19. The fraction of sp³-hybridized carbons (Fsp3) is 0.773. The molecule has 1 aromatic rings. The molecule has 0 radical (unpaired) electrons. The maximum atomic E-state index is 4.61. The molecule has 1 aromatic heterocycles. The number of aromatic nitrogens is 2. The number of thioether (sulfide) groups is 1. The molecule has 4 rings (SSSR count). The van der Waals surface area contributed by atoms with Crippen LogP contribution in [0.2, 0.25) is 0 Å². The number of hydrogen-bond acceptors (Lipinski definition) is 6. The Morgan fingerprint density at radius 1 is 1.10 bits per heavy atom. The van der Waals surface area contributed by atoms with Crippen molar-refractivity contribution in [1.29, 1.82) is 0 Å². The van der Waals surface area contributed by atoms with E-state index >= 15 is 0 Å². The summed E-state index contributed by atoms with van der Waals surface area (Å²) in [6.45, 7) is 8.59. The minimum absolute atomic E-state index is 0.482. The lowest BCUT2D eigenvalue weighted by atomic mass is 9.87. The van der Waals surface area contributed by atoms with E-state index in [2.05, 4.69) is 46.7 Å². The molecule has 8 heteroatoms. The topological polar surface area (TPSA) is 59.9 Å². The Balaban J connectivity index is 1.16. The lowest BCUT2D eigenvalue weighted by molar-refractivity contribution is 0.253. The average molecular weight is 432 g/mol. The molecule has 0 amide bonds. The highest BCUT2D eigenvalue weighted by atomic mass is 32.2. The lowest BCUT2D eigenvalue weighted by Gasteiger charge is -2.45. The Labute approximate surface area is 185 Å². The first kappa shape index (κ1) is 21.7. The Morgan fingerprint density at radius 3 is 2.60 bits per heavy atom. The highest BCUT2D eigenvalue weighted by molar-refractivity contribution is 8.00. The van der Waals surface area contributed by atoms with Crippen molar-refractivity contribution in [2.45, 2.75) is 43.3 Å². The van der Waals surface area contributed by atoms with Crippen LogP contribution in [0, 0.1) is 0 Å². The first-order valence-corrected chi connectivity index (χ1v) is 12.6. The molecule has 0 bridgehead atoms. The van der Waals surface area contributed by atoms with E-state index in [0.29, 0.717) is 4.75 Å². The van der Waals surface area contributed by atoms with Crippen LogP contribution in [0.3, 0.4) is 0 Å². The van der Waals surface area contributed by atoms with Gasteiger partial charge in [0.2, 0.25) is 5.95 Å². The predicted molar refractivity (Wildman–Crippen MR) is 127 cm³/mol. The first-order valence-electron chi connectivity index (χ1n) is 11.6. The molecule has 30 heavy (non-hydrogen) atoms. The third-order valence-corrected chi connectivity index (χ3v) is 8.20. The minimum Gasteiger partial charge on any atom is -0.356 e. The second-order valence-corrected chi connectivity index (χ2v) is 10.3. The molecule has 166 valence electrons. The van der Waals surface area contributed by atoms with Crippen LogP contribution < -0.4 is 10.2 Å². The summed E-state index contributed by atoms with van der Waals surface area (Å²) >= 11 is 2.22. The van der Waals surface area contributed by atoms with Gasteiger partial charge in [0.1, 0.15) is 0 Å². The van der Waals surface area contributed by atoms with Crippen molar-refractivity contribution in [1.82, 2.24) is 25.1 Å². The maximum absolute atomic E-state index is 4.61. The van der Waals surface area contributed by atoms with Crippen LogP contribution in [0.15, 0.2) is 23.5 Å². The second kappa shape index (κ2) is 10.7. The van der Waals surface area contributed by atoms with E-state index < -0.39 is 0 Å². The normalized spacial score (nSPS) is 23.0. The molecule has 2 aliphatic heterocycles. The molecule has 3 heterocycles. The van der Waals surface area contributed by atoms with E-state index in [-0.39, 0.29) is 0 Å². The van der Waals surface area contributed by atoms with E-state index in [1.165, 1.54) is 44.4 Å². The standard InChI is InChI=1S/C22H37N7S/c1-23-20(29-17-18-30-22(19-29)7-3-2-4-8-22)24-11-6-12-27-13-15-28(16-14-27)21-25-9-5-10-26-21/h5,9-10H,2-4,6-8,11-19H2,1H3,(H,23,24). The Bertz CT molecular complexity index is 664. The zero-order valence-corrected chi connectivity index (χ0v) is 19.2. The number of nitrogens with one attached hydrogen (secondary N) is 1. The zero-order chi connectivity index (χ0) is 20.7. The summed E-state index contributed by atoms with van der Waals surface area (Å²) in [5.41, 5.74) is 0. The van der Waals surface area contributed by atoms with E-state index in [1.807, 2.05) is 25.5 Å². The summed E-state index contributed by atoms with van der Waals surface area (Å²) < 4.78 is 0.482. The van der Waals surface area contributed by atoms with Gasteiger partial charge in [-0.1, -0.05) is 19.3 Å². The van der Waals surface area contributed by atoms with Crippen LogP contribution in [0.4, 0.5) is 5.95 Å². The van der Waals surface area contributed by atoms with Crippen molar-refractivity contribution < 1.29 is 0 Å². The van der Waals surface area contributed by atoms with Gasteiger partial charge in [0.25, 0.3) is 0 Å². The zero-order valence-electron chi connectivity index (χ0n) is 18.4. The van der Waals surface area contributed by atoms with Crippen molar-refractivity contribution >= 4 is 23.7 Å². The van der Waals surface area contributed by atoms with Crippen LogP contribution in [0.1, 0.15) is 38.5 Å². The van der Waals surface area contributed by atoms with Crippen LogP contribution in [0.25, 0.3) is 0 Å². The van der Waals surface area contributed by atoms with E-state index in [0.717, 1.165) is 64.1 Å². The van der Waals surface area contributed by atoms with Crippen molar-refractivity contribution in [3.63, 3.8) is 0 Å². The number of hydrogen-bond donors (Lipinski definition) is 1. The lowest BCUT2D eigenvalue weighted by Crippen LogP contribution is -2.53. The number of guanidine groups is 1. The quantitative estimate of drug-likeness (QED) is 0.436. The van der Waals surface area contributed by atoms with E-state index in [1.54, 1.807) is 0 Å². The van der Waals surface area contributed by atoms with Gasteiger partial charge in [0.15, 0.2) is 5.96 Å². The number of nitrogens with zero attached hydrogens (tertiary/aromatic N) is 6. The Hall–Kier alpha value is -1.54. The number of anilines is 1. The van der Waals surface area contributed by atoms with Crippen LogP contribution in [-0.2, 0) is 0 Å². The van der Waals surface area contributed by atoms with E-state index in [4.69, 9.17) is 0 Å². The second-order valence-electron chi connectivity index (χ2n) is 8.72. The fourth-order valence-corrected chi connectivity index (χ4v) is 6.55. The number of rotatable bonds is 5. The third-order valence-electron chi connectivity index (χ3n) is 6.67.